The number of nitrogens with zero attached hydrogens (tertiary/aromatic N) is 2. The first-order chi connectivity index (χ1) is 10.3. The standard InChI is InChI=1S/C18H22N2O/c1-14(20-11-3-4-12-20)15-7-5-8-16(13-15)18-17(21-2)9-6-10-19-18/h5-10,13-14H,3-4,11-12H2,1-2H3. The molecule has 0 spiro atoms. The third-order valence-electron chi connectivity index (χ3n) is 4.32. The summed E-state index contributed by atoms with van der Waals surface area (Å²) in [6.45, 7) is 4.71. The first-order valence-corrected chi connectivity index (χ1v) is 7.63. The van der Waals surface area contributed by atoms with Crippen LogP contribution in [0.15, 0.2) is 42.6 Å². The van der Waals surface area contributed by atoms with E-state index in [9.17, 15) is 0 Å². The van der Waals surface area contributed by atoms with Crippen LogP contribution in [0.5, 0.6) is 5.75 Å². The van der Waals surface area contributed by atoms with E-state index in [0.717, 1.165) is 17.0 Å². The first kappa shape index (κ1) is 14.1. The summed E-state index contributed by atoms with van der Waals surface area (Å²) in [5.41, 5.74) is 3.38. The van der Waals surface area contributed by atoms with E-state index >= 15 is 0 Å². The SMILES string of the molecule is COc1cccnc1-c1cccc(C(C)N2CCCC2)c1. The second-order valence-electron chi connectivity index (χ2n) is 5.60. The largest absolute Gasteiger partial charge is 0.494 e. The molecule has 3 rings (SSSR count). The van der Waals surface area contributed by atoms with E-state index in [0.29, 0.717) is 6.04 Å². The molecule has 0 radical (unpaired) electrons. The number of methoxy groups -OCH3 is 1. The molecule has 3 heteroatoms. The molecule has 2 heterocycles. The van der Waals surface area contributed by atoms with Crippen LogP contribution in [0, 0.1) is 0 Å². The minimum Gasteiger partial charge on any atom is -0.494 e. The van der Waals surface area contributed by atoms with Crippen LogP contribution < -0.4 is 4.74 Å². The summed E-state index contributed by atoms with van der Waals surface area (Å²) in [4.78, 5) is 7.03. The van der Waals surface area contributed by atoms with E-state index in [-0.39, 0.29) is 0 Å². The Morgan fingerprint density at radius 2 is 1.95 bits per heavy atom. The van der Waals surface area contributed by atoms with Gasteiger partial charge in [-0.05, 0) is 56.6 Å². The zero-order chi connectivity index (χ0) is 14.7. The zero-order valence-corrected chi connectivity index (χ0v) is 12.7. The van der Waals surface area contributed by atoms with Gasteiger partial charge < -0.3 is 4.74 Å². The van der Waals surface area contributed by atoms with Gasteiger partial charge in [0.2, 0.25) is 0 Å². The maximum atomic E-state index is 5.43. The summed E-state index contributed by atoms with van der Waals surface area (Å²) in [6, 6.07) is 13.0. The van der Waals surface area contributed by atoms with Crippen molar-refractivity contribution in [3.05, 3.63) is 48.2 Å². The molecule has 110 valence electrons. The van der Waals surface area contributed by atoms with Crippen LogP contribution in [-0.4, -0.2) is 30.1 Å². The molecule has 1 aliphatic rings. The average Bonchev–Trinajstić information content (AvgIpc) is 3.08. The highest BCUT2D eigenvalue weighted by molar-refractivity contribution is 5.66. The van der Waals surface area contributed by atoms with E-state index in [1.165, 1.54) is 31.5 Å². The quantitative estimate of drug-likeness (QED) is 0.850. The van der Waals surface area contributed by atoms with Gasteiger partial charge in [0.15, 0.2) is 0 Å². The summed E-state index contributed by atoms with van der Waals surface area (Å²) < 4.78 is 5.43. The number of hydrogen-bond acceptors (Lipinski definition) is 3. The number of hydrogen-bond donors (Lipinski definition) is 0. The first-order valence-electron chi connectivity index (χ1n) is 7.63. The molecule has 2 aromatic rings. The zero-order valence-electron chi connectivity index (χ0n) is 12.7. The van der Waals surface area contributed by atoms with Crippen molar-refractivity contribution in [3.63, 3.8) is 0 Å². The Kier molecular flexibility index (Phi) is 4.20. The fraction of sp³-hybridized carbons (Fsp3) is 0.389. The topological polar surface area (TPSA) is 25.4 Å². The summed E-state index contributed by atoms with van der Waals surface area (Å²) in [5, 5.41) is 0. The predicted molar refractivity (Wildman–Crippen MR) is 85.4 cm³/mol. The number of aromatic nitrogens is 1. The summed E-state index contributed by atoms with van der Waals surface area (Å²) in [6.07, 6.45) is 4.45. The molecule has 1 atom stereocenters. The Labute approximate surface area is 126 Å². The Balaban J connectivity index is 1.92. The molecule has 0 aliphatic carbocycles. The maximum absolute atomic E-state index is 5.43. The molecule has 21 heavy (non-hydrogen) atoms. The molecule has 1 aromatic carbocycles. The van der Waals surface area contributed by atoms with E-state index in [1.807, 2.05) is 18.3 Å². The van der Waals surface area contributed by atoms with E-state index in [1.54, 1.807) is 7.11 Å². The van der Waals surface area contributed by atoms with Crippen LogP contribution in [0.4, 0.5) is 0 Å². The van der Waals surface area contributed by atoms with Gasteiger partial charge in [-0.1, -0.05) is 18.2 Å². The highest BCUT2D eigenvalue weighted by Gasteiger charge is 2.20. The molecule has 1 fully saturated rings. The third-order valence-corrected chi connectivity index (χ3v) is 4.32. The molecule has 0 N–H and O–H groups in total. The van der Waals surface area contributed by atoms with Crippen molar-refractivity contribution in [1.29, 1.82) is 0 Å². The minimum absolute atomic E-state index is 0.460. The lowest BCUT2D eigenvalue weighted by Crippen LogP contribution is -2.23. The van der Waals surface area contributed by atoms with Gasteiger partial charge in [-0.2, -0.15) is 0 Å². The summed E-state index contributed by atoms with van der Waals surface area (Å²) >= 11 is 0. The van der Waals surface area contributed by atoms with Crippen LogP contribution in [0.2, 0.25) is 0 Å². The molecule has 0 bridgehead atoms. The molecule has 1 saturated heterocycles. The molecular weight excluding hydrogens is 260 g/mol. The minimum atomic E-state index is 0.460. The van der Waals surface area contributed by atoms with Crippen molar-refractivity contribution in [2.45, 2.75) is 25.8 Å². The normalized spacial score (nSPS) is 16.9. The lowest BCUT2D eigenvalue weighted by molar-refractivity contribution is 0.263. The van der Waals surface area contributed by atoms with Gasteiger partial charge >= 0.3 is 0 Å². The van der Waals surface area contributed by atoms with Crippen molar-refractivity contribution in [2.24, 2.45) is 0 Å². The molecule has 1 aliphatic heterocycles. The van der Waals surface area contributed by atoms with Crippen LogP contribution in [-0.2, 0) is 0 Å². The lowest BCUT2D eigenvalue weighted by atomic mass is 10.0. The highest BCUT2D eigenvalue weighted by Crippen LogP contribution is 2.31. The Hall–Kier alpha value is -1.87. The highest BCUT2D eigenvalue weighted by atomic mass is 16.5. The second-order valence-corrected chi connectivity index (χ2v) is 5.60. The lowest BCUT2D eigenvalue weighted by Gasteiger charge is -2.24. The number of pyridine rings is 1. The van der Waals surface area contributed by atoms with Gasteiger partial charge in [-0.15, -0.1) is 0 Å². The summed E-state index contributed by atoms with van der Waals surface area (Å²) in [5.74, 6) is 0.823. The van der Waals surface area contributed by atoms with Crippen molar-refractivity contribution in [3.8, 4) is 17.0 Å². The Morgan fingerprint density at radius 3 is 2.71 bits per heavy atom. The van der Waals surface area contributed by atoms with Crippen molar-refractivity contribution >= 4 is 0 Å². The van der Waals surface area contributed by atoms with Gasteiger partial charge in [-0.3, -0.25) is 9.88 Å². The molecule has 1 aromatic heterocycles. The van der Waals surface area contributed by atoms with Crippen LogP contribution in [0.3, 0.4) is 0 Å². The monoisotopic (exact) mass is 282 g/mol. The number of rotatable bonds is 4. The van der Waals surface area contributed by atoms with E-state index in [4.69, 9.17) is 4.74 Å². The van der Waals surface area contributed by atoms with Crippen molar-refractivity contribution in [1.82, 2.24) is 9.88 Å². The number of ether oxygens (including phenoxy) is 1. The average molecular weight is 282 g/mol. The van der Waals surface area contributed by atoms with Crippen molar-refractivity contribution < 1.29 is 4.74 Å². The fourth-order valence-corrected chi connectivity index (χ4v) is 3.06. The van der Waals surface area contributed by atoms with Gasteiger partial charge in [0.05, 0.1) is 7.11 Å². The van der Waals surface area contributed by atoms with E-state index < -0.39 is 0 Å². The van der Waals surface area contributed by atoms with Crippen LogP contribution in [0.25, 0.3) is 11.3 Å². The Morgan fingerprint density at radius 1 is 1.14 bits per heavy atom. The summed E-state index contributed by atoms with van der Waals surface area (Å²) in [7, 11) is 1.69. The molecular formula is C18H22N2O. The third kappa shape index (κ3) is 2.93. The van der Waals surface area contributed by atoms with Crippen molar-refractivity contribution in [2.75, 3.05) is 20.2 Å². The van der Waals surface area contributed by atoms with Gasteiger partial charge in [0, 0.05) is 17.8 Å². The second kappa shape index (κ2) is 6.27. The number of benzene rings is 1. The molecule has 3 nitrogen and oxygen atoms in total. The molecule has 0 amide bonds. The van der Waals surface area contributed by atoms with Crippen LogP contribution >= 0.6 is 0 Å². The molecule has 0 saturated carbocycles. The Bertz CT molecular complexity index is 606. The fourth-order valence-electron chi connectivity index (χ4n) is 3.06. The maximum Gasteiger partial charge on any atom is 0.145 e. The van der Waals surface area contributed by atoms with Gasteiger partial charge in [-0.25, -0.2) is 0 Å². The number of likely N-dealkylation sites (tertiary alicyclic amines) is 1. The smallest absolute Gasteiger partial charge is 0.145 e. The van der Waals surface area contributed by atoms with Crippen LogP contribution in [0.1, 0.15) is 31.4 Å². The van der Waals surface area contributed by atoms with Gasteiger partial charge in [0.25, 0.3) is 0 Å². The molecule has 1 unspecified atom stereocenters. The van der Waals surface area contributed by atoms with E-state index in [2.05, 4.69) is 41.1 Å². The van der Waals surface area contributed by atoms with Gasteiger partial charge in [0.1, 0.15) is 11.4 Å². The predicted octanol–water partition coefficient (Wildman–Crippen LogP) is 3.91.